The van der Waals surface area contributed by atoms with Gasteiger partial charge < -0.3 is 19.1 Å². The molecule has 1 amide bonds. The molecule has 52 heavy (non-hydrogen) atoms. The molecular weight excluding hydrogens is 661 g/mol. The zero-order valence-corrected chi connectivity index (χ0v) is 31.3. The molecule has 0 bridgehead atoms. The van der Waals surface area contributed by atoms with E-state index in [-0.39, 0.29) is 37.3 Å². The van der Waals surface area contributed by atoms with E-state index in [1.54, 1.807) is 12.1 Å². The fourth-order valence-electron chi connectivity index (χ4n) is 5.88. The molecule has 3 aromatic rings. The first-order valence-electron chi connectivity index (χ1n) is 18.1. The van der Waals surface area contributed by atoms with Crippen molar-refractivity contribution in [3.8, 4) is 5.75 Å². The van der Waals surface area contributed by atoms with Gasteiger partial charge >= 0.3 is 11.9 Å². The predicted molar refractivity (Wildman–Crippen MR) is 200 cm³/mol. The van der Waals surface area contributed by atoms with Gasteiger partial charge in [-0.2, -0.15) is 0 Å². The summed E-state index contributed by atoms with van der Waals surface area (Å²) in [6, 6.07) is 17.4. The van der Waals surface area contributed by atoms with Gasteiger partial charge in [0.25, 0.3) is 5.91 Å². The summed E-state index contributed by atoms with van der Waals surface area (Å²) in [6.07, 6.45) is 4.52. The molecule has 0 radical (unpaired) electrons. The van der Waals surface area contributed by atoms with Gasteiger partial charge in [-0.1, -0.05) is 82.8 Å². The molecule has 4 rings (SSSR count). The number of rotatable bonds is 16. The molecule has 1 heterocycles. The second-order valence-corrected chi connectivity index (χ2v) is 14.9. The smallest absolute Gasteiger partial charge is 0.330 e. The third-order valence-electron chi connectivity index (χ3n) is 9.31. The van der Waals surface area contributed by atoms with E-state index >= 15 is 4.39 Å². The monoisotopic (exact) mass is 713 g/mol. The minimum absolute atomic E-state index is 0.143. The number of esters is 2. The van der Waals surface area contributed by atoms with Crippen molar-refractivity contribution in [1.82, 2.24) is 4.90 Å². The lowest BCUT2D eigenvalue weighted by Gasteiger charge is -2.36. The van der Waals surface area contributed by atoms with E-state index in [0.717, 1.165) is 21.9 Å². The molecule has 1 aliphatic heterocycles. The molecule has 1 saturated heterocycles. The number of nitrogens with zero attached hydrogens (tertiary/aromatic N) is 1. The lowest BCUT2D eigenvalue weighted by molar-refractivity contribution is -0.165. The average Bonchev–Trinajstić information content (AvgIpc) is 3.12. The Morgan fingerprint density at radius 1 is 0.981 bits per heavy atom. The number of aryl methyl sites for hydroxylation is 1. The molecule has 9 heteroatoms. The highest BCUT2D eigenvalue weighted by Gasteiger charge is 2.42. The minimum Gasteiger partial charge on any atom is -0.489 e. The van der Waals surface area contributed by atoms with Crippen LogP contribution < -0.4 is 4.74 Å². The summed E-state index contributed by atoms with van der Waals surface area (Å²) in [5.74, 6) is -2.81. The second kappa shape index (κ2) is 18.1. The van der Waals surface area contributed by atoms with Crippen LogP contribution >= 0.6 is 0 Å². The van der Waals surface area contributed by atoms with Crippen LogP contribution in [-0.4, -0.2) is 54.3 Å². The Kier molecular flexibility index (Phi) is 13.9. The third-order valence-corrected chi connectivity index (χ3v) is 9.31. The number of ether oxygens (including phenoxy) is 3. The van der Waals surface area contributed by atoms with Crippen LogP contribution in [0.25, 0.3) is 10.8 Å². The lowest BCUT2D eigenvalue weighted by Crippen LogP contribution is -2.53. The standard InChI is InChI=1S/C43H52FNO7/c1-28(2)15-20-39(46)51-27-43(6,7)40(47)41(48)45-21-11-10-14-37(45)42(49)52-38(19-17-31-16-18-32-12-8-9-13-33(32)22-31)34-23-35(44)25-36(24-34)50-26-30(5)29(3)4/h8-9,12-13,15-16,18,20,22-25,28-29,37-38H,5,10-11,14,17,19,21,26-27H2,1-4,6-7H3/t37-,38+/m0/s1. The summed E-state index contributed by atoms with van der Waals surface area (Å²) in [6.45, 7) is 15.0. The molecule has 0 spiro atoms. The highest BCUT2D eigenvalue weighted by atomic mass is 19.1. The number of carbonyl (C=O) groups is 4. The van der Waals surface area contributed by atoms with Gasteiger partial charge in [-0.05, 0) is 97.4 Å². The Balaban J connectivity index is 1.55. The number of Topliss-reactive ketones (excluding diaryl/α,β-unsaturated/α-hetero) is 1. The van der Waals surface area contributed by atoms with Gasteiger partial charge in [0.15, 0.2) is 0 Å². The number of halogens is 1. The number of piperidine rings is 1. The topological polar surface area (TPSA) is 99.2 Å². The summed E-state index contributed by atoms with van der Waals surface area (Å²) < 4.78 is 32.4. The normalized spacial score (nSPS) is 15.6. The largest absolute Gasteiger partial charge is 0.489 e. The Morgan fingerprint density at radius 3 is 2.42 bits per heavy atom. The summed E-state index contributed by atoms with van der Waals surface area (Å²) in [5, 5.41) is 2.18. The van der Waals surface area contributed by atoms with Crippen molar-refractivity contribution in [2.75, 3.05) is 19.8 Å². The van der Waals surface area contributed by atoms with Crippen molar-refractivity contribution in [1.29, 1.82) is 0 Å². The van der Waals surface area contributed by atoms with Crippen LogP contribution in [0.2, 0.25) is 0 Å². The van der Waals surface area contributed by atoms with Crippen molar-refractivity contribution in [2.45, 2.75) is 85.8 Å². The summed E-state index contributed by atoms with van der Waals surface area (Å²) in [5.41, 5.74) is 0.957. The molecule has 0 unspecified atom stereocenters. The van der Waals surface area contributed by atoms with Crippen molar-refractivity contribution in [3.05, 3.63) is 102 Å². The van der Waals surface area contributed by atoms with Gasteiger partial charge in [0.2, 0.25) is 5.78 Å². The first kappa shape index (κ1) is 40.0. The van der Waals surface area contributed by atoms with E-state index < -0.39 is 47.0 Å². The molecule has 2 atom stereocenters. The van der Waals surface area contributed by atoms with E-state index in [9.17, 15) is 19.2 Å². The number of hydrogen-bond acceptors (Lipinski definition) is 7. The van der Waals surface area contributed by atoms with Gasteiger partial charge in [0, 0.05) is 18.7 Å². The van der Waals surface area contributed by atoms with E-state index in [2.05, 4.69) is 12.6 Å². The number of fused-ring (bicyclic) bond motifs is 1. The molecule has 3 aromatic carbocycles. The maximum atomic E-state index is 15.1. The number of amides is 1. The summed E-state index contributed by atoms with van der Waals surface area (Å²) in [4.78, 5) is 54.7. The average molecular weight is 714 g/mol. The van der Waals surface area contributed by atoms with E-state index in [4.69, 9.17) is 14.2 Å². The van der Waals surface area contributed by atoms with Crippen molar-refractivity contribution < 1.29 is 37.8 Å². The molecule has 1 fully saturated rings. The summed E-state index contributed by atoms with van der Waals surface area (Å²) >= 11 is 0. The Labute approximate surface area is 307 Å². The Hall–Kier alpha value is -4.79. The third kappa shape index (κ3) is 11.1. The van der Waals surface area contributed by atoms with Gasteiger partial charge in [-0.15, -0.1) is 0 Å². The van der Waals surface area contributed by atoms with Gasteiger partial charge in [-0.25, -0.2) is 14.0 Å². The maximum absolute atomic E-state index is 15.1. The van der Waals surface area contributed by atoms with Crippen LogP contribution in [0.15, 0.2) is 85.0 Å². The van der Waals surface area contributed by atoms with Crippen molar-refractivity contribution in [2.24, 2.45) is 17.3 Å². The highest BCUT2D eigenvalue weighted by molar-refractivity contribution is 6.38. The van der Waals surface area contributed by atoms with Gasteiger partial charge in [0.1, 0.15) is 36.9 Å². The van der Waals surface area contributed by atoms with E-state index in [1.165, 1.54) is 37.0 Å². The van der Waals surface area contributed by atoms with Crippen LogP contribution in [0.4, 0.5) is 4.39 Å². The number of hydrogen-bond donors (Lipinski definition) is 0. The quantitative estimate of drug-likeness (QED) is 0.0635. The van der Waals surface area contributed by atoms with Crippen LogP contribution in [0.1, 0.15) is 84.5 Å². The predicted octanol–water partition coefficient (Wildman–Crippen LogP) is 8.52. The number of allylic oxidation sites excluding steroid dienone is 1. The molecule has 278 valence electrons. The molecule has 0 aromatic heterocycles. The molecule has 0 saturated carbocycles. The van der Waals surface area contributed by atoms with Gasteiger partial charge in [-0.3, -0.25) is 9.59 Å². The minimum atomic E-state index is -1.33. The first-order chi connectivity index (χ1) is 24.6. The fourth-order valence-corrected chi connectivity index (χ4v) is 5.88. The number of ketones is 1. The molecular formula is C43H52FNO7. The Morgan fingerprint density at radius 2 is 1.71 bits per heavy atom. The van der Waals surface area contributed by atoms with Crippen molar-refractivity contribution in [3.63, 3.8) is 0 Å². The first-order valence-corrected chi connectivity index (χ1v) is 18.1. The SMILES string of the molecule is C=C(COc1cc(F)cc([C@@H](CCc2ccc3ccccc3c2)OC(=O)[C@@H]2CCCCN2C(=O)C(=O)C(C)(C)COC(=O)C=CC(C)C)c1)C(C)C. The van der Waals surface area contributed by atoms with Crippen LogP contribution in [-0.2, 0) is 35.1 Å². The maximum Gasteiger partial charge on any atom is 0.330 e. The molecule has 0 N–H and O–H groups in total. The Bertz CT molecular complexity index is 1790. The molecule has 8 nitrogen and oxygen atoms in total. The van der Waals surface area contributed by atoms with Gasteiger partial charge in [0.05, 0.1) is 5.41 Å². The van der Waals surface area contributed by atoms with E-state index in [0.29, 0.717) is 37.7 Å². The molecule has 0 aliphatic carbocycles. The zero-order valence-electron chi connectivity index (χ0n) is 31.3. The van der Waals surface area contributed by atoms with Crippen LogP contribution in [0, 0.1) is 23.1 Å². The number of benzene rings is 3. The van der Waals surface area contributed by atoms with Crippen molar-refractivity contribution >= 4 is 34.4 Å². The molecule has 1 aliphatic rings. The summed E-state index contributed by atoms with van der Waals surface area (Å²) in [7, 11) is 0. The number of carbonyl (C=O) groups excluding carboxylic acids is 4. The fraction of sp³-hybridized carbons (Fsp3) is 0.442. The second-order valence-electron chi connectivity index (χ2n) is 14.9. The number of likely N-dealkylation sites (tertiary alicyclic amines) is 1. The van der Waals surface area contributed by atoms with Crippen LogP contribution in [0.3, 0.4) is 0 Å². The van der Waals surface area contributed by atoms with Crippen LogP contribution in [0.5, 0.6) is 5.75 Å². The zero-order chi connectivity index (χ0) is 38.0. The van der Waals surface area contributed by atoms with E-state index in [1.807, 2.05) is 64.1 Å². The lowest BCUT2D eigenvalue weighted by atomic mass is 9.87. The highest BCUT2D eigenvalue weighted by Crippen LogP contribution is 2.32.